The highest BCUT2D eigenvalue weighted by Gasteiger charge is 2.06. The maximum absolute atomic E-state index is 10.8. The van der Waals surface area contributed by atoms with Gasteiger partial charge in [-0.05, 0) is 17.7 Å². The Morgan fingerprint density at radius 2 is 2.21 bits per heavy atom. The molecule has 0 spiro atoms. The number of rotatable bonds is 3. The lowest BCUT2D eigenvalue weighted by atomic mass is 10.1. The molecule has 0 heterocycles. The second-order valence-electron chi connectivity index (χ2n) is 2.73. The fraction of sp³-hybridized carbons (Fsp3) is 0.100. The third-order valence-electron chi connectivity index (χ3n) is 1.70. The monoisotopic (exact) mass is 193 g/mol. The summed E-state index contributed by atoms with van der Waals surface area (Å²) in [7, 11) is 0. The van der Waals surface area contributed by atoms with E-state index in [0.29, 0.717) is 5.56 Å². The minimum absolute atomic E-state index is 0.0742. The zero-order valence-electron chi connectivity index (χ0n) is 7.47. The molecular formula is C10H11NO3. The number of aliphatic hydroxyl groups is 1. The first-order valence-electron chi connectivity index (χ1n) is 4.05. The summed E-state index contributed by atoms with van der Waals surface area (Å²) in [5.41, 5.74) is 5.81. The Kier molecular flexibility index (Phi) is 3.25. The second kappa shape index (κ2) is 4.43. The van der Waals surface area contributed by atoms with E-state index in [4.69, 9.17) is 10.8 Å². The number of carbonyl (C=O) groups is 1. The van der Waals surface area contributed by atoms with Gasteiger partial charge in [-0.2, -0.15) is 0 Å². The highest BCUT2D eigenvalue weighted by atomic mass is 16.3. The van der Waals surface area contributed by atoms with E-state index in [0.717, 1.165) is 0 Å². The Morgan fingerprint density at radius 3 is 2.79 bits per heavy atom. The second-order valence-corrected chi connectivity index (χ2v) is 2.73. The first-order chi connectivity index (χ1) is 6.65. The van der Waals surface area contributed by atoms with Crippen LogP contribution in [-0.2, 0) is 0 Å². The van der Waals surface area contributed by atoms with Crippen molar-refractivity contribution in [1.29, 1.82) is 0 Å². The van der Waals surface area contributed by atoms with Gasteiger partial charge in [-0.15, -0.1) is 0 Å². The average molecular weight is 193 g/mol. The van der Waals surface area contributed by atoms with Gasteiger partial charge in [-0.1, -0.05) is 18.2 Å². The number of amides is 1. The molecule has 0 aliphatic heterocycles. The zero-order chi connectivity index (χ0) is 10.6. The molecule has 0 bridgehead atoms. The molecule has 4 nitrogen and oxygen atoms in total. The molecule has 14 heavy (non-hydrogen) atoms. The van der Waals surface area contributed by atoms with Crippen molar-refractivity contribution in [2.24, 2.45) is 5.73 Å². The summed E-state index contributed by atoms with van der Waals surface area (Å²) in [4.78, 5) is 10.8. The SMILES string of the molecule is NC(=O)c1cc(C=CCO)ccc1O. The average Bonchev–Trinajstić information content (AvgIpc) is 2.16. The summed E-state index contributed by atoms with van der Waals surface area (Å²) in [6.07, 6.45) is 3.16. The zero-order valence-corrected chi connectivity index (χ0v) is 7.47. The number of hydrogen-bond acceptors (Lipinski definition) is 3. The van der Waals surface area contributed by atoms with Crippen molar-refractivity contribution in [2.45, 2.75) is 0 Å². The van der Waals surface area contributed by atoms with Crippen LogP contribution in [0.2, 0.25) is 0 Å². The lowest BCUT2D eigenvalue weighted by molar-refractivity contribution is 0.0997. The van der Waals surface area contributed by atoms with Crippen LogP contribution in [0.15, 0.2) is 24.3 Å². The maximum atomic E-state index is 10.8. The van der Waals surface area contributed by atoms with Gasteiger partial charge in [0.1, 0.15) is 5.75 Å². The van der Waals surface area contributed by atoms with Crippen LogP contribution < -0.4 is 5.73 Å². The maximum Gasteiger partial charge on any atom is 0.252 e. The molecule has 0 unspecified atom stereocenters. The van der Waals surface area contributed by atoms with Crippen LogP contribution in [0.5, 0.6) is 5.75 Å². The molecule has 0 radical (unpaired) electrons. The molecule has 74 valence electrons. The van der Waals surface area contributed by atoms with Crippen molar-refractivity contribution in [1.82, 2.24) is 0 Å². The van der Waals surface area contributed by atoms with Crippen LogP contribution in [0, 0.1) is 0 Å². The highest BCUT2D eigenvalue weighted by molar-refractivity contribution is 5.96. The number of aliphatic hydroxyl groups excluding tert-OH is 1. The van der Waals surface area contributed by atoms with E-state index in [1.165, 1.54) is 18.2 Å². The van der Waals surface area contributed by atoms with E-state index >= 15 is 0 Å². The summed E-state index contributed by atoms with van der Waals surface area (Å²) >= 11 is 0. The van der Waals surface area contributed by atoms with E-state index in [2.05, 4.69) is 0 Å². The van der Waals surface area contributed by atoms with Crippen LogP contribution >= 0.6 is 0 Å². The van der Waals surface area contributed by atoms with Gasteiger partial charge in [0, 0.05) is 0 Å². The first-order valence-corrected chi connectivity index (χ1v) is 4.05. The van der Waals surface area contributed by atoms with Gasteiger partial charge in [0.25, 0.3) is 5.91 Å². The van der Waals surface area contributed by atoms with E-state index in [1.807, 2.05) is 0 Å². The summed E-state index contributed by atoms with van der Waals surface area (Å²) in [5, 5.41) is 17.8. The third-order valence-corrected chi connectivity index (χ3v) is 1.70. The van der Waals surface area contributed by atoms with Gasteiger partial charge in [-0.3, -0.25) is 4.79 Å². The molecule has 1 aromatic rings. The van der Waals surface area contributed by atoms with E-state index in [-0.39, 0.29) is 17.9 Å². The minimum atomic E-state index is -0.679. The molecule has 1 amide bonds. The fourth-order valence-corrected chi connectivity index (χ4v) is 1.04. The number of carbonyl (C=O) groups excluding carboxylic acids is 1. The topological polar surface area (TPSA) is 83.6 Å². The molecule has 4 N–H and O–H groups in total. The van der Waals surface area contributed by atoms with E-state index in [1.54, 1.807) is 12.1 Å². The highest BCUT2D eigenvalue weighted by Crippen LogP contribution is 2.18. The number of benzene rings is 1. The van der Waals surface area contributed by atoms with Crippen LogP contribution in [0.4, 0.5) is 0 Å². The van der Waals surface area contributed by atoms with Crippen molar-refractivity contribution in [2.75, 3.05) is 6.61 Å². The van der Waals surface area contributed by atoms with Gasteiger partial charge in [-0.25, -0.2) is 0 Å². The third kappa shape index (κ3) is 2.34. The molecular weight excluding hydrogens is 182 g/mol. The molecule has 0 aliphatic carbocycles. The van der Waals surface area contributed by atoms with Gasteiger partial charge >= 0.3 is 0 Å². The fourth-order valence-electron chi connectivity index (χ4n) is 1.04. The van der Waals surface area contributed by atoms with Crippen molar-refractivity contribution >= 4 is 12.0 Å². The van der Waals surface area contributed by atoms with Crippen molar-refractivity contribution in [3.8, 4) is 5.75 Å². The quantitative estimate of drug-likeness (QED) is 0.653. The molecule has 0 aliphatic rings. The molecule has 0 fully saturated rings. The van der Waals surface area contributed by atoms with Crippen LogP contribution in [0.25, 0.3) is 6.08 Å². The molecule has 0 atom stereocenters. The number of phenols is 1. The Labute approximate surface area is 81.3 Å². The van der Waals surface area contributed by atoms with E-state index in [9.17, 15) is 9.90 Å². The minimum Gasteiger partial charge on any atom is -0.507 e. The van der Waals surface area contributed by atoms with Crippen molar-refractivity contribution in [3.05, 3.63) is 35.4 Å². The lowest BCUT2D eigenvalue weighted by Crippen LogP contribution is -2.11. The van der Waals surface area contributed by atoms with Crippen LogP contribution in [0.1, 0.15) is 15.9 Å². The lowest BCUT2D eigenvalue weighted by Gasteiger charge is -2.01. The molecule has 1 rings (SSSR count). The van der Waals surface area contributed by atoms with Gasteiger partial charge in [0.15, 0.2) is 0 Å². The first kappa shape index (κ1) is 10.3. The van der Waals surface area contributed by atoms with E-state index < -0.39 is 5.91 Å². The van der Waals surface area contributed by atoms with Crippen LogP contribution in [-0.4, -0.2) is 22.7 Å². The Bertz CT molecular complexity index is 372. The number of nitrogens with two attached hydrogens (primary N) is 1. The Balaban J connectivity index is 3.06. The molecule has 0 saturated heterocycles. The predicted octanol–water partition coefficient (Wildman–Crippen LogP) is 0.497. The smallest absolute Gasteiger partial charge is 0.252 e. The largest absolute Gasteiger partial charge is 0.507 e. The molecule has 4 heteroatoms. The van der Waals surface area contributed by atoms with Crippen LogP contribution in [0.3, 0.4) is 0 Å². The Morgan fingerprint density at radius 1 is 1.50 bits per heavy atom. The van der Waals surface area contributed by atoms with Gasteiger partial charge < -0.3 is 15.9 Å². The standard InChI is InChI=1S/C10H11NO3/c11-10(14)8-6-7(2-1-5-12)3-4-9(8)13/h1-4,6,12-13H,5H2,(H2,11,14). The number of hydrogen-bond donors (Lipinski definition) is 3. The molecule has 0 saturated carbocycles. The predicted molar refractivity (Wildman–Crippen MR) is 52.7 cm³/mol. The summed E-state index contributed by atoms with van der Waals surface area (Å²) in [5.74, 6) is -0.819. The van der Waals surface area contributed by atoms with Gasteiger partial charge in [0.2, 0.25) is 0 Å². The number of primary amides is 1. The summed E-state index contributed by atoms with van der Waals surface area (Å²) in [6.45, 7) is -0.0766. The summed E-state index contributed by atoms with van der Waals surface area (Å²) < 4.78 is 0. The molecule has 0 aromatic heterocycles. The van der Waals surface area contributed by atoms with Crippen molar-refractivity contribution in [3.63, 3.8) is 0 Å². The van der Waals surface area contributed by atoms with Crippen molar-refractivity contribution < 1.29 is 15.0 Å². The molecule has 1 aromatic carbocycles. The summed E-state index contributed by atoms with van der Waals surface area (Å²) in [6, 6.07) is 4.47. The Hall–Kier alpha value is -1.81. The normalized spacial score (nSPS) is 10.6. The van der Waals surface area contributed by atoms with Gasteiger partial charge in [0.05, 0.1) is 12.2 Å². The number of aromatic hydroxyl groups is 1.